The molecule has 3 rings (SSSR count). The minimum absolute atomic E-state index is 0.0790. The highest BCUT2D eigenvalue weighted by Crippen LogP contribution is 2.42. The van der Waals surface area contributed by atoms with Gasteiger partial charge in [0.15, 0.2) is 0 Å². The second-order valence-corrected chi connectivity index (χ2v) is 8.85. The molecule has 2 aliphatic rings. The average molecular weight is 362 g/mol. The number of hydrogen-bond donors (Lipinski definition) is 2. The summed E-state index contributed by atoms with van der Waals surface area (Å²) in [6.07, 6.45) is 12.1. The Bertz CT molecular complexity index is 773. The third-order valence-electron chi connectivity index (χ3n) is 5.12. The molecule has 0 aromatic heterocycles. The van der Waals surface area contributed by atoms with Gasteiger partial charge in [-0.1, -0.05) is 43.5 Å². The number of allylic oxidation sites excluding steroid dienone is 1. The van der Waals surface area contributed by atoms with E-state index in [1.807, 2.05) is 12.1 Å². The molecular formula is C19H26N2O3S. The van der Waals surface area contributed by atoms with Gasteiger partial charge in [-0.15, -0.1) is 0 Å². The van der Waals surface area contributed by atoms with Crippen LogP contribution in [0.5, 0.6) is 0 Å². The van der Waals surface area contributed by atoms with E-state index in [9.17, 15) is 13.2 Å². The van der Waals surface area contributed by atoms with Crippen molar-refractivity contribution in [2.75, 3.05) is 0 Å². The van der Waals surface area contributed by atoms with Crippen LogP contribution in [-0.4, -0.2) is 19.9 Å². The van der Waals surface area contributed by atoms with Crippen molar-refractivity contribution in [1.82, 2.24) is 4.72 Å². The largest absolute Gasteiger partial charge is 0.317 e. The van der Waals surface area contributed by atoms with Gasteiger partial charge in [-0.25, -0.2) is 13.1 Å². The molecule has 2 bridgehead atoms. The Labute approximate surface area is 149 Å². The second kappa shape index (κ2) is 7.30. The summed E-state index contributed by atoms with van der Waals surface area (Å²) in [6.45, 7) is 0. The topological polar surface area (TPSA) is 89.3 Å². The SMILES string of the molecule is N[C@]12C[C@H]1/C=C\CCCCCCCc1cccc(c1)S(=O)(=O)NC2=O. The van der Waals surface area contributed by atoms with Crippen molar-refractivity contribution >= 4 is 15.9 Å². The molecule has 25 heavy (non-hydrogen) atoms. The standard InChI is InChI=1S/C19H26N2O3S/c20-19-14-16(19)11-7-5-3-1-2-4-6-9-15-10-8-12-17(13-15)25(23,24)21-18(19)22/h7-8,10-13,16H,1-6,9,14,20H2,(H,21,22)/b11-7-/t16-,19-/m1/s1. The Morgan fingerprint density at radius 1 is 1.12 bits per heavy atom. The van der Waals surface area contributed by atoms with Gasteiger partial charge < -0.3 is 5.73 Å². The van der Waals surface area contributed by atoms with Gasteiger partial charge in [0.05, 0.1) is 4.90 Å². The maximum absolute atomic E-state index is 12.5. The summed E-state index contributed by atoms with van der Waals surface area (Å²) in [7, 11) is -3.89. The molecule has 136 valence electrons. The van der Waals surface area contributed by atoms with E-state index in [-0.39, 0.29) is 10.8 Å². The molecule has 1 aromatic rings. The normalized spacial score (nSPS) is 31.2. The number of carbonyl (C=O) groups is 1. The molecule has 0 saturated heterocycles. The van der Waals surface area contributed by atoms with Crippen LogP contribution >= 0.6 is 0 Å². The third kappa shape index (κ3) is 4.30. The molecule has 1 saturated carbocycles. The van der Waals surface area contributed by atoms with E-state index in [4.69, 9.17) is 5.73 Å². The van der Waals surface area contributed by atoms with Crippen molar-refractivity contribution in [3.8, 4) is 0 Å². The number of nitrogens with one attached hydrogen (secondary N) is 1. The van der Waals surface area contributed by atoms with Crippen LogP contribution in [0.1, 0.15) is 50.5 Å². The molecule has 0 radical (unpaired) electrons. The lowest BCUT2D eigenvalue weighted by molar-refractivity contribution is -0.121. The van der Waals surface area contributed by atoms with Crippen LogP contribution < -0.4 is 10.5 Å². The van der Waals surface area contributed by atoms with E-state index in [2.05, 4.69) is 10.8 Å². The number of benzene rings is 1. The van der Waals surface area contributed by atoms with Gasteiger partial charge in [0.1, 0.15) is 5.54 Å². The number of aryl methyl sites for hydroxylation is 1. The van der Waals surface area contributed by atoms with Crippen LogP contribution in [0, 0.1) is 5.92 Å². The summed E-state index contributed by atoms with van der Waals surface area (Å²) in [6, 6.07) is 6.83. The Balaban J connectivity index is 1.82. The van der Waals surface area contributed by atoms with Crippen molar-refractivity contribution in [3.63, 3.8) is 0 Å². The van der Waals surface area contributed by atoms with Crippen molar-refractivity contribution < 1.29 is 13.2 Å². The van der Waals surface area contributed by atoms with Crippen LogP contribution in [0.25, 0.3) is 0 Å². The fraction of sp³-hybridized carbons (Fsp3) is 0.526. The molecule has 1 heterocycles. The van der Waals surface area contributed by atoms with E-state index >= 15 is 0 Å². The lowest BCUT2D eigenvalue weighted by Gasteiger charge is -2.12. The monoisotopic (exact) mass is 362 g/mol. The van der Waals surface area contributed by atoms with E-state index < -0.39 is 21.5 Å². The highest BCUT2D eigenvalue weighted by molar-refractivity contribution is 7.90. The first-order valence-electron chi connectivity index (χ1n) is 9.03. The number of sulfonamides is 1. The number of fused-ring (bicyclic) bond motifs is 3. The summed E-state index contributed by atoms with van der Waals surface area (Å²) >= 11 is 0. The zero-order chi connectivity index (χ0) is 17.9. The molecule has 0 spiro atoms. The van der Waals surface area contributed by atoms with Crippen LogP contribution in [-0.2, 0) is 21.2 Å². The number of amides is 1. The van der Waals surface area contributed by atoms with E-state index in [0.29, 0.717) is 6.42 Å². The van der Waals surface area contributed by atoms with Crippen LogP contribution in [0.4, 0.5) is 0 Å². The quantitative estimate of drug-likeness (QED) is 0.694. The summed E-state index contributed by atoms with van der Waals surface area (Å²) in [4.78, 5) is 12.5. The molecule has 2 atom stereocenters. The van der Waals surface area contributed by atoms with Gasteiger partial charge in [-0.3, -0.25) is 4.79 Å². The zero-order valence-corrected chi connectivity index (χ0v) is 15.2. The number of rotatable bonds is 0. The van der Waals surface area contributed by atoms with Crippen molar-refractivity contribution in [1.29, 1.82) is 0 Å². The zero-order valence-electron chi connectivity index (χ0n) is 14.4. The minimum Gasteiger partial charge on any atom is -0.317 e. The first-order valence-corrected chi connectivity index (χ1v) is 10.5. The van der Waals surface area contributed by atoms with Crippen molar-refractivity contribution in [2.24, 2.45) is 11.7 Å². The van der Waals surface area contributed by atoms with E-state index in [0.717, 1.165) is 37.7 Å². The first kappa shape index (κ1) is 18.1. The molecule has 1 aliphatic carbocycles. The summed E-state index contributed by atoms with van der Waals surface area (Å²) in [5.74, 6) is -0.693. The Morgan fingerprint density at radius 2 is 1.88 bits per heavy atom. The van der Waals surface area contributed by atoms with E-state index in [1.54, 1.807) is 12.1 Å². The molecule has 1 aromatic carbocycles. The lowest BCUT2D eigenvalue weighted by atomic mass is 10.0. The third-order valence-corrected chi connectivity index (χ3v) is 6.45. The van der Waals surface area contributed by atoms with Gasteiger partial charge in [0, 0.05) is 5.92 Å². The average Bonchev–Trinajstić information content (AvgIpc) is 3.24. The van der Waals surface area contributed by atoms with Crippen LogP contribution in [0.15, 0.2) is 41.3 Å². The van der Waals surface area contributed by atoms with Gasteiger partial charge in [-0.05, 0) is 49.8 Å². The van der Waals surface area contributed by atoms with Crippen LogP contribution in [0.2, 0.25) is 0 Å². The maximum atomic E-state index is 12.5. The van der Waals surface area contributed by atoms with Gasteiger partial charge in [-0.2, -0.15) is 0 Å². The summed E-state index contributed by atoms with van der Waals surface area (Å²) in [5.41, 5.74) is 5.98. The predicted molar refractivity (Wildman–Crippen MR) is 97.3 cm³/mol. The molecule has 3 N–H and O–H groups in total. The number of hydrogen-bond acceptors (Lipinski definition) is 4. The maximum Gasteiger partial charge on any atom is 0.264 e. The molecule has 1 amide bonds. The van der Waals surface area contributed by atoms with E-state index in [1.165, 1.54) is 18.9 Å². The highest BCUT2D eigenvalue weighted by Gasteiger charge is 2.56. The minimum atomic E-state index is -3.89. The van der Waals surface area contributed by atoms with Crippen LogP contribution in [0.3, 0.4) is 0 Å². The lowest BCUT2D eigenvalue weighted by Crippen LogP contribution is -2.46. The second-order valence-electron chi connectivity index (χ2n) is 7.17. The van der Waals surface area contributed by atoms with Crippen molar-refractivity contribution in [3.05, 3.63) is 42.0 Å². The molecule has 5 nitrogen and oxygen atoms in total. The summed E-state index contributed by atoms with van der Waals surface area (Å²) in [5, 5.41) is 0. The smallest absolute Gasteiger partial charge is 0.264 e. The Hall–Kier alpha value is -1.66. The predicted octanol–water partition coefficient (Wildman–Crippen LogP) is 2.66. The fourth-order valence-electron chi connectivity index (χ4n) is 3.33. The highest BCUT2D eigenvalue weighted by atomic mass is 32.2. The van der Waals surface area contributed by atoms with Gasteiger partial charge in [0.2, 0.25) is 0 Å². The van der Waals surface area contributed by atoms with Crippen molar-refractivity contribution in [2.45, 2.75) is 61.8 Å². The fourth-order valence-corrected chi connectivity index (χ4v) is 4.45. The first-order chi connectivity index (χ1) is 11.9. The Morgan fingerprint density at radius 3 is 2.72 bits per heavy atom. The molecular weight excluding hydrogens is 336 g/mol. The molecule has 0 unspecified atom stereocenters. The van der Waals surface area contributed by atoms with Gasteiger partial charge >= 0.3 is 0 Å². The van der Waals surface area contributed by atoms with Gasteiger partial charge in [0.25, 0.3) is 15.9 Å². The molecule has 1 aliphatic heterocycles. The molecule has 6 heteroatoms. The summed E-state index contributed by atoms with van der Waals surface area (Å²) < 4.78 is 27.2. The number of carbonyl (C=O) groups excluding carboxylic acids is 1. The Kier molecular flexibility index (Phi) is 5.29. The molecule has 1 fully saturated rings. The number of nitrogens with two attached hydrogens (primary N) is 1.